The molecule has 0 aromatic heterocycles. The average molecular weight is 294 g/mol. The molecule has 1 fully saturated rings. The maximum atomic E-state index is 11.2. The number of benzene rings is 1. The molecule has 1 aromatic carbocycles. The first-order valence-electron chi connectivity index (χ1n) is 7.06. The number of hydrogen-bond acceptors (Lipinski definition) is 4. The zero-order valence-electron chi connectivity index (χ0n) is 12.7. The van der Waals surface area contributed by atoms with E-state index in [2.05, 4.69) is 0 Å². The molecule has 0 spiro atoms. The van der Waals surface area contributed by atoms with Crippen LogP contribution in [-0.2, 0) is 16.1 Å². The van der Waals surface area contributed by atoms with Crippen molar-refractivity contribution >= 4 is 5.97 Å². The van der Waals surface area contributed by atoms with Crippen LogP contribution in [0, 0.1) is 5.92 Å². The van der Waals surface area contributed by atoms with Crippen LogP contribution in [0.15, 0.2) is 12.1 Å². The van der Waals surface area contributed by atoms with Crippen LogP contribution in [-0.4, -0.2) is 32.4 Å². The maximum absolute atomic E-state index is 11.2. The molecular formula is C16H22O5. The van der Waals surface area contributed by atoms with Gasteiger partial charge >= 0.3 is 5.97 Å². The summed E-state index contributed by atoms with van der Waals surface area (Å²) in [7, 11) is 4.82. The third kappa shape index (κ3) is 3.67. The fourth-order valence-corrected chi connectivity index (χ4v) is 2.77. The molecule has 0 radical (unpaired) electrons. The Labute approximate surface area is 124 Å². The molecular weight excluding hydrogens is 272 g/mol. The summed E-state index contributed by atoms with van der Waals surface area (Å²) in [6.07, 6.45) is 2.28. The minimum Gasteiger partial charge on any atom is -0.496 e. The van der Waals surface area contributed by atoms with Crippen LogP contribution in [0.2, 0.25) is 0 Å². The van der Waals surface area contributed by atoms with Gasteiger partial charge in [0.25, 0.3) is 0 Å². The quantitative estimate of drug-likeness (QED) is 0.798. The van der Waals surface area contributed by atoms with Gasteiger partial charge in [0.2, 0.25) is 0 Å². The number of methoxy groups -OCH3 is 3. The lowest BCUT2D eigenvalue weighted by Crippen LogP contribution is -2.11. The monoisotopic (exact) mass is 294 g/mol. The van der Waals surface area contributed by atoms with E-state index in [4.69, 9.17) is 19.3 Å². The van der Waals surface area contributed by atoms with Crippen molar-refractivity contribution in [2.45, 2.75) is 31.8 Å². The number of carbonyl (C=O) groups is 1. The predicted octanol–water partition coefficient (Wildman–Crippen LogP) is 2.82. The van der Waals surface area contributed by atoms with E-state index < -0.39 is 5.97 Å². The van der Waals surface area contributed by atoms with Gasteiger partial charge in [0.1, 0.15) is 11.5 Å². The molecule has 5 nitrogen and oxygen atoms in total. The summed E-state index contributed by atoms with van der Waals surface area (Å²) >= 11 is 0. The van der Waals surface area contributed by atoms with Gasteiger partial charge in [-0.15, -0.1) is 0 Å². The fraction of sp³-hybridized carbons (Fsp3) is 0.562. The van der Waals surface area contributed by atoms with Crippen molar-refractivity contribution < 1.29 is 24.1 Å². The zero-order valence-corrected chi connectivity index (χ0v) is 12.7. The second-order valence-electron chi connectivity index (χ2n) is 5.38. The summed E-state index contributed by atoms with van der Waals surface area (Å²) in [5, 5.41) is 9.17. The number of carboxylic acids is 1. The summed E-state index contributed by atoms with van der Waals surface area (Å²) in [6.45, 7) is 0.421. The van der Waals surface area contributed by atoms with Crippen molar-refractivity contribution in [1.82, 2.24) is 0 Å². The SMILES string of the molecule is COCc1cc(C(CC(=O)O)C2CC2)c(OC)cc1OC. The third-order valence-corrected chi connectivity index (χ3v) is 3.92. The molecule has 0 bridgehead atoms. The number of hydrogen-bond donors (Lipinski definition) is 1. The maximum Gasteiger partial charge on any atom is 0.303 e. The topological polar surface area (TPSA) is 65.0 Å². The number of aliphatic carboxylic acids is 1. The molecule has 1 saturated carbocycles. The van der Waals surface area contributed by atoms with Gasteiger partial charge in [0.15, 0.2) is 0 Å². The summed E-state index contributed by atoms with van der Waals surface area (Å²) in [5.41, 5.74) is 1.85. The molecule has 1 aliphatic rings. The van der Waals surface area contributed by atoms with Crippen LogP contribution < -0.4 is 9.47 Å². The molecule has 0 saturated heterocycles. The highest BCUT2D eigenvalue weighted by molar-refractivity contribution is 5.68. The van der Waals surface area contributed by atoms with Gasteiger partial charge in [-0.05, 0) is 30.4 Å². The number of carboxylic acid groups (broad SMARTS) is 1. The molecule has 1 aromatic rings. The van der Waals surface area contributed by atoms with Gasteiger partial charge < -0.3 is 19.3 Å². The molecule has 5 heteroatoms. The van der Waals surface area contributed by atoms with Crippen LogP contribution in [0.3, 0.4) is 0 Å². The fourth-order valence-electron chi connectivity index (χ4n) is 2.77. The Morgan fingerprint density at radius 2 is 1.90 bits per heavy atom. The molecule has 2 rings (SSSR count). The molecule has 1 N–H and O–H groups in total. The second-order valence-corrected chi connectivity index (χ2v) is 5.38. The molecule has 1 unspecified atom stereocenters. The van der Waals surface area contributed by atoms with Crippen LogP contribution in [0.1, 0.15) is 36.3 Å². The standard InChI is InChI=1S/C16H22O5/c1-19-9-11-6-13(15(21-3)8-14(11)20-2)12(7-16(17)18)10-4-5-10/h6,8,10,12H,4-5,7,9H2,1-3H3,(H,17,18). The zero-order chi connectivity index (χ0) is 15.4. The van der Waals surface area contributed by atoms with E-state index in [1.807, 2.05) is 12.1 Å². The molecule has 116 valence electrons. The van der Waals surface area contributed by atoms with Crippen LogP contribution >= 0.6 is 0 Å². The molecule has 1 aliphatic carbocycles. The van der Waals surface area contributed by atoms with Crippen molar-refractivity contribution in [1.29, 1.82) is 0 Å². The molecule has 21 heavy (non-hydrogen) atoms. The molecule has 0 amide bonds. The number of rotatable bonds is 8. The van der Waals surface area contributed by atoms with E-state index in [1.54, 1.807) is 21.3 Å². The lowest BCUT2D eigenvalue weighted by Gasteiger charge is -2.20. The van der Waals surface area contributed by atoms with E-state index >= 15 is 0 Å². The minimum absolute atomic E-state index is 0.0148. The van der Waals surface area contributed by atoms with Crippen molar-refractivity contribution in [3.05, 3.63) is 23.3 Å². The lowest BCUT2D eigenvalue weighted by molar-refractivity contribution is -0.137. The van der Waals surface area contributed by atoms with Gasteiger partial charge in [0, 0.05) is 24.7 Å². The second kappa shape index (κ2) is 6.80. The van der Waals surface area contributed by atoms with E-state index in [0.29, 0.717) is 24.0 Å². The normalized spacial score (nSPS) is 15.6. The first-order valence-corrected chi connectivity index (χ1v) is 7.06. The Morgan fingerprint density at radius 3 is 2.38 bits per heavy atom. The van der Waals surface area contributed by atoms with E-state index in [9.17, 15) is 4.79 Å². The van der Waals surface area contributed by atoms with Crippen molar-refractivity contribution in [3.8, 4) is 11.5 Å². The lowest BCUT2D eigenvalue weighted by atomic mass is 9.89. The van der Waals surface area contributed by atoms with Gasteiger partial charge in [0.05, 0.1) is 27.2 Å². The Hall–Kier alpha value is -1.75. The van der Waals surface area contributed by atoms with Crippen molar-refractivity contribution in [2.75, 3.05) is 21.3 Å². The first kappa shape index (κ1) is 15.6. The van der Waals surface area contributed by atoms with E-state index in [-0.39, 0.29) is 12.3 Å². The first-order chi connectivity index (χ1) is 10.1. The smallest absolute Gasteiger partial charge is 0.303 e. The molecule has 0 aliphatic heterocycles. The minimum atomic E-state index is -0.780. The highest BCUT2D eigenvalue weighted by Gasteiger charge is 2.35. The Bertz CT molecular complexity index is 508. The van der Waals surface area contributed by atoms with E-state index in [0.717, 1.165) is 24.0 Å². The Morgan fingerprint density at radius 1 is 1.24 bits per heavy atom. The van der Waals surface area contributed by atoms with Crippen molar-refractivity contribution in [2.24, 2.45) is 5.92 Å². The predicted molar refractivity (Wildman–Crippen MR) is 78.0 cm³/mol. The Kier molecular flexibility index (Phi) is 5.07. The molecule has 0 heterocycles. The van der Waals surface area contributed by atoms with Crippen LogP contribution in [0.5, 0.6) is 11.5 Å². The summed E-state index contributed by atoms with van der Waals surface area (Å²) < 4.78 is 16.0. The molecule has 1 atom stereocenters. The third-order valence-electron chi connectivity index (χ3n) is 3.92. The van der Waals surface area contributed by atoms with Gasteiger partial charge in [-0.3, -0.25) is 4.79 Å². The highest BCUT2D eigenvalue weighted by Crippen LogP contribution is 2.48. The summed E-state index contributed by atoms with van der Waals surface area (Å²) in [5.74, 6) is 1.02. The largest absolute Gasteiger partial charge is 0.496 e. The van der Waals surface area contributed by atoms with Crippen LogP contribution in [0.4, 0.5) is 0 Å². The average Bonchev–Trinajstić information content (AvgIpc) is 3.29. The Balaban J connectivity index is 2.43. The van der Waals surface area contributed by atoms with Crippen LogP contribution in [0.25, 0.3) is 0 Å². The summed E-state index contributed by atoms with van der Waals surface area (Å²) in [4.78, 5) is 11.2. The van der Waals surface area contributed by atoms with E-state index in [1.165, 1.54) is 0 Å². The van der Waals surface area contributed by atoms with Gasteiger partial charge in [-0.25, -0.2) is 0 Å². The van der Waals surface area contributed by atoms with Crippen molar-refractivity contribution in [3.63, 3.8) is 0 Å². The van der Waals surface area contributed by atoms with Gasteiger partial charge in [-0.2, -0.15) is 0 Å². The highest BCUT2D eigenvalue weighted by atomic mass is 16.5. The summed E-state index contributed by atoms with van der Waals surface area (Å²) in [6, 6.07) is 3.79. The number of ether oxygens (including phenoxy) is 3. The van der Waals surface area contributed by atoms with Gasteiger partial charge in [-0.1, -0.05) is 0 Å².